The minimum Gasteiger partial charge on any atom is -0.366 e. The van der Waals surface area contributed by atoms with Gasteiger partial charge in [0.25, 0.3) is 0 Å². The number of sulfonamides is 1. The van der Waals surface area contributed by atoms with Crippen molar-refractivity contribution in [1.29, 1.82) is 0 Å². The maximum Gasteiger partial charge on any atom is 0.248 e. The van der Waals surface area contributed by atoms with Crippen LogP contribution < -0.4 is 21.1 Å². The van der Waals surface area contributed by atoms with Crippen molar-refractivity contribution >= 4 is 38.9 Å². The van der Waals surface area contributed by atoms with E-state index in [-0.39, 0.29) is 4.90 Å². The largest absolute Gasteiger partial charge is 0.366 e. The van der Waals surface area contributed by atoms with Gasteiger partial charge in [-0.25, -0.2) is 23.1 Å². The number of amides is 1. The second-order valence-electron chi connectivity index (χ2n) is 5.72. The molecule has 0 saturated carbocycles. The van der Waals surface area contributed by atoms with Crippen molar-refractivity contribution < 1.29 is 13.2 Å². The monoisotopic (exact) mass is 398 g/mol. The molecule has 0 aliphatic carbocycles. The Bertz CT molecular complexity index is 1100. The van der Waals surface area contributed by atoms with Crippen molar-refractivity contribution in [3.8, 4) is 0 Å². The van der Waals surface area contributed by atoms with Gasteiger partial charge < -0.3 is 16.4 Å². The second kappa shape index (κ2) is 8.03. The van der Waals surface area contributed by atoms with Crippen molar-refractivity contribution in [2.45, 2.75) is 4.90 Å². The van der Waals surface area contributed by atoms with Crippen molar-refractivity contribution in [2.24, 2.45) is 5.73 Å². The normalized spacial score (nSPS) is 11.0. The average Bonchev–Trinajstić information content (AvgIpc) is 2.69. The van der Waals surface area contributed by atoms with Crippen LogP contribution in [0.4, 0.5) is 23.0 Å². The summed E-state index contributed by atoms with van der Waals surface area (Å²) in [4.78, 5) is 19.5. The molecule has 1 heterocycles. The standard InChI is InChI=1S/C18H18N6O3S/c1-20-28(26,27)15-4-2-3-14(9-15)24-17-10-16(21-11-22-17)23-13-7-5-12(6-8-13)18(19)25/h2-11,20H,1H3,(H2,19,25)(H2,21,22,23,24). The number of carbonyl (C=O) groups is 1. The number of benzene rings is 2. The summed E-state index contributed by atoms with van der Waals surface area (Å²) in [6, 6.07) is 14.7. The number of hydrogen-bond acceptors (Lipinski definition) is 7. The molecule has 3 aromatic rings. The molecule has 5 N–H and O–H groups in total. The highest BCUT2D eigenvalue weighted by molar-refractivity contribution is 7.89. The molecular formula is C18H18N6O3S. The van der Waals surface area contributed by atoms with Gasteiger partial charge in [-0.05, 0) is 49.5 Å². The topological polar surface area (TPSA) is 139 Å². The first-order chi connectivity index (χ1) is 13.4. The zero-order valence-corrected chi connectivity index (χ0v) is 15.7. The van der Waals surface area contributed by atoms with Gasteiger partial charge in [-0.3, -0.25) is 4.79 Å². The maximum absolute atomic E-state index is 11.9. The highest BCUT2D eigenvalue weighted by Gasteiger charge is 2.11. The molecular weight excluding hydrogens is 380 g/mol. The van der Waals surface area contributed by atoms with Crippen molar-refractivity contribution in [3.05, 3.63) is 66.5 Å². The molecule has 0 spiro atoms. The fraction of sp³-hybridized carbons (Fsp3) is 0.0556. The van der Waals surface area contributed by atoms with Crippen molar-refractivity contribution in [2.75, 3.05) is 17.7 Å². The fourth-order valence-corrected chi connectivity index (χ4v) is 3.14. The van der Waals surface area contributed by atoms with E-state index in [2.05, 4.69) is 25.3 Å². The summed E-state index contributed by atoms with van der Waals surface area (Å²) in [7, 11) is -2.18. The minimum atomic E-state index is -3.54. The zero-order chi connectivity index (χ0) is 20.1. The molecule has 0 unspecified atom stereocenters. The van der Waals surface area contributed by atoms with Crippen LogP contribution in [-0.2, 0) is 10.0 Å². The van der Waals surface area contributed by atoms with Gasteiger partial charge in [0, 0.05) is 23.0 Å². The first-order valence-corrected chi connectivity index (χ1v) is 9.65. The van der Waals surface area contributed by atoms with Crippen LogP contribution in [-0.4, -0.2) is 31.3 Å². The van der Waals surface area contributed by atoms with Crippen molar-refractivity contribution in [1.82, 2.24) is 14.7 Å². The van der Waals surface area contributed by atoms with Gasteiger partial charge in [-0.2, -0.15) is 0 Å². The number of hydrogen-bond donors (Lipinski definition) is 4. The van der Waals surface area contributed by atoms with E-state index in [4.69, 9.17) is 5.73 Å². The molecule has 10 heteroatoms. The van der Waals surface area contributed by atoms with Gasteiger partial charge in [0.1, 0.15) is 18.0 Å². The Morgan fingerprint density at radius 1 is 0.929 bits per heavy atom. The van der Waals surface area contributed by atoms with Crippen LogP contribution in [0.15, 0.2) is 65.8 Å². The smallest absolute Gasteiger partial charge is 0.248 e. The molecule has 0 bridgehead atoms. The first-order valence-electron chi connectivity index (χ1n) is 8.17. The molecule has 0 aliphatic heterocycles. The molecule has 0 saturated heterocycles. The molecule has 0 radical (unpaired) electrons. The Hall–Kier alpha value is -3.50. The number of nitrogens with two attached hydrogens (primary N) is 1. The van der Waals surface area contributed by atoms with E-state index in [1.54, 1.807) is 42.5 Å². The minimum absolute atomic E-state index is 0.141. The van der Waals surface area contributed by atoms with Crippen LogP contribution in [0, 0.1) is 0 Å². The Kier molecular flexibility index (Phi) is 5.52. The molecule has 144 valence electrons. The lowest BCUT2D eigenvalue weighted by atomic mass is 10.2. The van der Waals surface area contributed by atoms with Gasteiger partial charge >= 0.3 is 0 Å². The molecule has 0 aliphatic rings. The fourth-order valence-electron chi connectivity index (χ4n) is 2.37. The van der Waals surface area contributed by atoms with E-state index in [9.17, 15) is 13.2 Å². The lowest BCUT2D eigenvalue weighted by molar-refractivity contribution is 0.100. The van der Waals surface area contributed by atoms with Crippen LogP contribution in [0.3, 0.4) is 0 Å². The van der Waals surface area contributed by atoms with Crippen molar-refractivity contribution in [3.63, 3.8) is 0 Å². The molecule has 28 heavy (non-hydrogen) atoms. The summed E-state index contributed by atoms with van der Waals surface area (Å²) in [5.41, 5.74) is 6.92. The average molecular weight is 398 g/mol. The number of primary amides is 1. The van der Waals surface area contributed by atoms with Gasteiger partial charge in [0.05, 0.1) is 4.90 Å². The van der Waals surface area contributed by atoms with Crippen LogP contribution in [0.2, 0.25) is 0 Å². The Balaban J connectivity index is 1.77. The Morgan fingerprint density at radius 2 is 1.57 bits per heavy atom. The first kappa shape index (κ1) is 19.3. The van der Waals surface area contributed by atoms with Gasteiger partial charge in [0.2, 0.25) is 15.9 Å². The van der Waals surface area contributed by atoms with E-state index in [0.717, 1.165) is 5.69 Å². The number of rotatable bonds is 7. The molecule has 9 nitrogen and oxygen atoms in total. The predicted octanol–water partition coefficient (Wildman–Crippen LogP) is 1.97. The number of nitrogens with one attached hydrogen (secondary N) is 3. The van der Waals surface area contributed by atoms with Crippen LogP contribution in [0.1, 0.15) is 10.4 Å². The molecule has 3 rings (SSSR count). The second-order valence-corrected chi connectivity index (χ2v) is 7.60. The highest BCUT2D eigenvalue weighted by Crippen LogP contribution is 2.21. The SMILES string of the molecule is CNS(=O)(=O)c1cccc(Nc2cc(Nc3ccc(C(N)=O)cc3)ncn2)c1. The summed E-state index contributed by atoms with van der Waals surface area (Å²) >= 11 is 0. The Labute approximate surface area is 162 Å². The van der Waals surface area contributed by atoms with Crippen LogP contribution >= 0.6 is 0 Å². The van der Waals surface area contributed by atoms with Gasteiger partial charge in [-0.15, -0.1) is 0 Å². The summed E-state index contributed by atoms with van der Waals surface area (Å²) in [6.45, 7) is 0. The Morgan fingerprint density at radius 3 is 2.18 bits per heavy atom. The molecule has 1 aromatic heterocycles. The number of anilines is 4. The van der Waals surface area contributed by atoms with E-state index in [1.165, 1.54) is 25.5 Å². The number of nitrogens with zero attached hydrogens (tertiary/aromatic N) is 2. The third-order valence-corrected chi connectivity index (χ3v) is 5.21. The van der Waals surface area contributed by atoms with Gasteiger partial charge in [-0.1, -0.05) is 6.07 Å². The maximum atomic E-state index is 11.9. The number of aromatic nitrogens is 2. The van der Waals surface area contributed by atoms with Crippen LogP contribution in [0.5, 0.6) is 0 Å². The van der Waals surface area contributed by atoms with E-state index in [1.807, 2.05) is 0 Å². The van der Waals surface area contributed by atoms with E-state index in [0.29, 0.717) is 22.9 Å². The third kappa shape index (κ3) is 4.61. The predicted molar refractivity (Wildman–Crippen MR) is 106 cm³/mol. The molecule has 0 atom stereocenters. The quantitative estimate of drug-likeness (QED) is 0.477. The summed E-state index contributed by atoms with van der Waals surface area (Å²) in [5, 5.41) is 6.14. The van der Waals surface area contributed by atoms with Crippen LogP contribution in [0.25, 0.3) is 0 Å². The zero-order valence-electron chi connectivity index (χ0n) is 14.9. The summed E-state index contributed by atoms with van der Waals surface area (Å²) in [6.07, 6.45) is 1.37. The molecule has 2 aromatic carbocycles. The summed E-state index contributed by atoms with van der Waals surface area (Å²) in [5.74, 6) is 0.496. The highest BCUT2D eigenvalue weighted by atomic mass is 32.2. The molecule has 1 amide bonds. The third-order valence-electron chi connectivity index (χ3n) is 3.79. The van der Waals surface area contributed by atoms with E-state index >= 15 is 0 Å². The van der Waals surface area contributed by atoms with E-state index < -0.39 is 15.9 Å². The summed E-state index contributed by atoms with van der Waals surface area (Å²) < 4.78 is 26.1. The lowest BCUT2D eigenvalue weighted by Crippen LogP contribution is -2.18. The lowest BCUT2D eigenvalue weighted by Gasteiger charge is -2.10. The van der Waals surface area contributed by atoms with Gasteiger partial charge in [0.15, 0.2) is 0 Å². The molecule has 0 fully saturated rings. The number of carbonyl (C=O) groups excluding carboxylic acids is 1.